The monoisotopic (exact) mass is 265 g/mol. The first-order valence-electron chi connectivity index (χ1n) is 5.17. The Kier molecular flexibility index (Phi) is 3.84. The fourth-order valence-electron chi connectivity index (χ4n) is 1.40. The van der Waals surface area contributed by atoms with Gasteiger partial charge in [0.25, 0.3) is 0 Å². The van der Waals surface area contributed by atoms with E-state index in [4.69, 9.17) is 11.6 Å². The lowest BCUT2D eigenvalue weighted by Crippen LogP contribution is -2.15. The Labute approximate surface area is 108 Å². The van der Waals surface area contributed by atoms with E-state index in [2.05, 4.69) is 15.5 Å². The normalized spacial score (nSPS) is 10.1. The number of benzene rings is 1. The molecule has 0 saturated heterocycles. The number of carbonyl (C=O) groups is 1. The maximum Gasteiger partial charge on any atom is 0.229 e. The van der Waals surface area contributed by atoms with Gasteiger partial charge in [0.15, 0.2) is 11.0 Å². The van der Waals surface area contributed by atoms with Crippen LogP contribution in [0.3, 0.4) is 0 Å². The zero-order valence-electron chi connectivity index (χ0n) is 9.23. The van der Waals surface area contributed by atoms with Gasteiger partial charge in [-0.1, -0.05) is 23.7 Å². The highest BCUT2D eigenvalue weighted by Crippen LogP contribution is 2.08. The quantitative estimate of drug-likeness (QED) is 0.927. The molecule has 0 fully saturated rings. The molecule has 1 aromatic heterocycles. The summed E-state index contributed by atoms with van der Waals surface area (Å²) >= 11 is 5.57. The Morgan fingerprint density at radius 1 is 1.28 bits per heavy atom. The van der Waals surface area contributed by atoms with E-state index in [1.54, 1.807) is 18.2 Å². The fraction of sp³-hybridized carbons (Fsp3) is 0.0833. The van der Waals surface area contributed by atoms with Crippen LogP contribution in [-0.4, -0.2) is 16.1 Å². The van der Waals surface area contributed by atoms with Gasteiger partial charge >= 0.3 is 0 Å². The second kappa shape index (κ2) is 5.55. The predicted molar refractivity (Wildman–Crippen MR) is 65.8 cm³/mol. The van der Waals surface area contributed by atoms with Gasteiger partial charge in [-0.15, -0.1) is 10.2 Å². The van der Waals surface area contributed by atoms with E-state index in [9.17, 15) is 9.18 Å². The van der Waals surface area contributed by atoms with Crippen molar-refractivity contribution < 1.29 is 9.18 Å². The lowest BCUT2D eigenvalue weighted by Gasteiger charge is -2.03. The summed E-state index contributed by atoms with van der Waals surface area (Å²) in [6, 6.07) is 8.93. The van der Waals surface area contributed by atoms with Crippen LogP contribution in [0.4, 0.5) is 10.2 Å². The number of nitrogens with zero attached hydrogens (tertiary/aromatic N) is 2. The number of aromatic nitrogens is 2. The molecule has 1 amide bonds. The van der Waals surface area contributed by atoms with Gasteiger partial charge in [-0.05, 0) is 29.8 Å². The largest absolute Gasteiger partial charge is 0.309 e. The van der Waals surface area contributed by atoms with Crippen molar-refractivity contribution in [2.24, 2.45) is 0 Å². The minimum absolute atomic E-state index is 0.0715. The Balaban J connectivity index is 1.98. The van der Waals surface area contributed by atoms with E-state index in [0.29, 0.717) is 11.4 Å². The van der Waals surface area contributed by atoms with E-state index in [1.807, 2.05) is 0 Å². The van der Waals surface area contributed by atoms with Gasteiger partial charge in [0, 0.05) is 0 Å². The second-order valence-corrected chi connectivity index (χ2v) is 3.98. The van der Waals surface area contributed by atoms with Crippen molar-refractivity contribution in [3.8, 4) is 0 Å². The van der Waals surface area contributed by atoms with E-state index in [1.165, 1.54) is 18.2 Å². The predicted octanol–water partition coefficient (Wildman–Crippen LogP) is 2.45. The lowest BCUT2D eigenvalue weighted by atomic mass is 10.1. The van der Waals surface area contributed by atoms with Crippen LogP contribution < -0.4 is 5.32 Å². The van der Waals surface area contributed by atoms with Crippen molar-refractivity contribution in [1.29, 1.82) is 0 Å². The zero-order valence-corrected chi connectivity index (χ0v) is 9.99. The molecule has 0 bridgehead atoms. The lowest BCUT2D eigenvalue weighted by molar-refractivity contribution is -0.115. The molecule has 0 spiro atoms. The molecule has 2 rings (SSSR count). The van der Waals surface area contributed by atoms with Crippen LogP contribution in [0.1, 0.15) is 5.56 Å². The molecule has 6 heteroatoms. The van der Waals surface area contributed by atoms with E-state index in [-0.39, 0.29) is 23.3 Å². The number of rotatable bonds is 3. The average molecular weight is 266 g/mol. The van der Waals surface area contributed by atoms with Crippen LogP contribution >= 0.6 is 11.6 Å². The van der Waals surface area contributed by atoms with Crippen molar-refractivity contribution in [3.63, 3.8) is 0 Å². The van der Waals surface area contributed by atoms with Gasteiger partial charge < -0.3 is 5.32 Å². The number of halogens is 2. The van der Waals surface area contributed by atoms with Crippen molar-refractivity contribution in [1.82, 2.24) is 10.2 Å². The number of hydrogen-bond acceptors (Lipinski definition) is 3. The summed E-state index contributed by atoms with van der Waals surface area (Å²) in [4.78, 5) is 11.6. The van der Waals surface area contributed by atoms with Crippen molar-refractivity contribution in [3.05, 3.63) is 52.9 Å². The molecule has 0 atom stereocenters. The molecule has 18 heavy (non-hydrogen) atoms. The van der Waals surface area contributed by atoms with Gasteiger partial charge in [-0.2, -0.15) is 0 Å². The Morgan fingerprint density at radius 3 is 2.78 bits per heavy atom. The summed E-state index contributed by atoms with van der Waals surface area (Å²) in [5.74, 6) is -0.357. The molecule has 0 aliphatic rings. The summed E-state index contributed by atoms with van der Waals surface area (Å²) in [5, 5.41) is 10.1. The molecular formula is C12H9ClFN3O. The molecule has 0 unspecified atom stereocenters. The number of carbonyl (C=O) groups excluding carboxylic acids is 1. The third-order valence-corrected chi connectivity index (χ3v) is 2.35. The first-order chi connectivity index (χ1) is 8.63. The molecule has 1 aromatic carbocycles. The molecular weight excluding hydrogens is 257 g/mol. The molecule has 0 aliphatic carbocycles. The van der Waals surface area contributed by atoms with Gasteiger partial charge in [-0.3, -0.25) is 4.79 Å². The number of nitrogens with one attached hydrogen (secondary N) is 1. The summed E-state index contributed by atoms with van der Waals surface area (Å²) in [5.41, 5.74) is 0.592. The van der Waals surface area contributed by atoms with Crippen LogP contribution in [0.5, 0.6) is 0 Å². The Hall–Kier alpha value is -2.01. The van der Waals surface area contributed by atoms with Crippen molar-refractivity contribution in [2.75, 3.05) is 5.32 Å². The average Bonchev–Trinajstić information content (AvgIpc) is 2.32. The molecule has 1 heterocycles. The number of hydrogen-bond donors (Lipinski definition) is 1. The SMILES string of the molecule is O=C(Cc1cccc(F)c1)Nc1ccc(Cl)nn1. The van der Waals surface area contributed by atoms with Crippen LogP contribution in [-0.2, 0) is 11.2 Å². The van der Waals surface area contributed by atoms with Crippen LogP contribution in [0.2, 0.25) is 5.15 Å². The molecule has 0 aliphatic heterocycles. The van der Waals surface area contributed by atoms with Crippen LogP contribution in [0.15, 0.2) is 36.4 Å². The minimum Gasteiger partial charge on any atom is -0.309 e. The zero-order chi connectivity index (χ0) is 13.0. The van der Waals surface area contributed by atoms with E-state index < -0.39 is 0 Å². The number of anilines is 1. The molecule has 0 radical (unpaired) electrons. The van der Waals surface area contributed by atoms with E-state index in [0.717, 1.165) is 0 Å². The molecule has 0 saturated carbocycles. The molecule has 4 nitrogen and oxygen atoms in total. The summed E-state index contributed by atoms with van der Waals surface area (Å²) < 4.78 is 12.9. The molecule has 1 N–H and O–H groups in total. The summed E-state index contributed by atoms with van der Waals surface area (Å²) in [6.45, 7) is 0. The first-order valence-corrected chi connectivity index (χ1v) is 5.55. The highest BCUT2D eigenvalue weighted by atomic mass is 35.5. The van der Waals surface area contributed by atoms with Gasteiger partial charge in [-0.25, -0.2) is 4.39 Å². The Morgan fingerprint density at radius 2 is 2.11 bits per heavy atom. The highest BCUT2D eigenvalue weighted by molar-refractivity contribution is 6.29. The maximum absolute atomic E-state index is 12.9. The Bertz CT molecular complexity index is 560. The van der Waals surface area contributed by atoms with Crippen LogP contribution in [0.25, 0.3) is 0 Å². The fourth-order valence-corrected chi connectivity index (χ4v) is 1.50. The topological polar surface area (TPSA) is 54.9 Å². The smallest absolute Gasteiger partial charge is 0.229 e. The molecule has 92 valence electrons. The van der Waals surface area contributed by atoms with Gasteiger partial charge in [0.05, 0.1) is 6.42 Å². The minimum atomic E-state index is -0.369. The summed E-state index contributed by atoms with van der Waals surface area (Å²) in [6.07, 6.45) is 0.0715. The standard InChI is InChI=1S/C12H9ClFN3O/c13-10-4-5-11(17-16-10)15-12(18)7-8-2-1-3-9(14)6-8/h1-6H,7H2,(H,15,17,18). The van der Waals surface area contributed by atoms with Crippen LogP contribution in [0, 0.1) is 5.82 Å². The first kappa shape index (κ1) is 12.4. The second-order valence-electron chi connectivity index (χ2n) is 3.60. The number of amides is 1. The van der Waals surface area contributed by atoms with Gasteiger partial charge in [0.1, 0.15) is 5.82 Å². The third kappa shape index (κ3) is 3.49. The van der Waals surface area contributed by atoms with Gasteiger partial charge in [0.2, 0.25) is 5.91 Å². The maximum atomic E-state index is 12.9. The van der Waals surface area contributed by atoms with E-state index >= 15 is 0 Å². The summed E-state index contributed by atoms with van der Waals surface area (Å²) in [7, 11) is 0. The van der Waals surface area contributed by atoms with Crippen molar-refractivity contribution in [2.45, 2.75) is 6.42 Å². The molecule has 2 aromatic rings. The third-order valence-electron chi connectivity index (χ3n) is 2.15. The highest BCUT2D eigenvalue weighted by Gasteiger charge is 2.06. The van der Waals surface area contributed by atoms with Crippen molar-refractivity contribution >= 4 is 23.3 Å².